The van der Waals surface area contributed by atoms with E-state index >= 15 is 0 Å². The van der Waals surface area contributed by atoms with Crippen LogP contribution in [0.3, 0.4) is 0 Å². The molecule has 150 valence electrons. The monoisotopic (exact) mass is 386 g/mol. The van der Waals surface area contributed by atoms with Crippen LogP contribution in [-0.2, 0) is 25.9 Å². The third kappa shape index (κ3) is 4.44. The minimum atomic E-state index is 0.726. The van der Waals surface area contributed by atoms with Crippen molar-refractivity contribution in [1.29, 1.82) is 0 Å². The van der Waals surface area contributed by atoms with E-state index in [0.717, 1.165) is 19.1 Å². The molecule has 0 radical (unpaired) electrons. The number of nitrogens with zero attached hydrogens (tertiary/aromatic N) is 4. The lowest BCUT2D eigenvalue weighted by Crippen LogP contribution is -2.51. The first-order valence-corrected chi connectivity index (χ1v) is 10.9. The van der Waals surface area contributed by atoms with Crippen LogP contribution in [0.5, 0.6) is 0 Å². The molecule has 1 aromatic heterocycles. The number of fused-ring (bicyclic) bond motifs is 1. The third-order valence-electron chi connectivity index (χ3n) is 6.55. The van der Waals surface area contributed by atoms with Gasteiger partial charge in [-0.25, -0.2) is 0 Å². The van der Waals surface area contributed by atoms with E-state index in [1.165, 1.54) is 56.6 Å². The number of benzene rings is 2. The molecule has 2 heterocycles. The summed E-state index contributed by atoms with van der Waals surface area (Å²) in [4.78, 5) is 5.35. The molecule has 3 aromatic rings. The zero-order valence-corrected chi connectivity index (χ0v) is 17.1. The molecule has 0 unspecified atom stereocenters. The second kappa shape index (κ2) is 8.52. The highest BCUT2D eigenvalue weighted by Crippen LogP contribution is 2.25. The smallest absolute Gasteiger partial charge is 0.0659 e. The van der Waals surface area contributed by atoms with Gasteiger partial charge in [-0.15, -0.1) is 0 Å². The predicted octanol–water partition coefficient (Wildman–Crippen LogP) is 3.61. The van der Waals surface area contributed by atoms with Gasteiger partial charge in [0.15, 0.2) is 0 Å². The quantitative estimate of drug-likeness (QED) is 0.670. The van der Waals surface area contributed by atoms with Gasteiger partial charge >= 0.3 is 0 Å². The van der Waals surface area contributed by atoms with Crippen molar-refractivity contribution in [3.05, 3.63) is 89.2 Å². The van der Waals surface area contributed by atoms with E-state index in [1.807, 2.05) is 23.1 Å². The summed E-state index contributed by atoms with van der Waals surface area (Å²) in [5.41, 5.74) is 5.87. The number of aryl methyl sites for hydroxylation is 1. The number of rotatable bonds is 5. The van der Waals surface area contributed by atoms with E-state index in [0.29, 0.717) is 0 Å². The maximum absolute atomic E-state index is 4.32. The molecular formula is C25H30N4. The van der Waals surface area contributed by atoms with Crippen LogP contribution >= 0.6 is 0 Å². The minimum Gasteiger partial charge on any atom is -0.298 e. The molecule has 0 saturated carbocycles. The normalized spacial score (nSPS) is 20.5. The lowest BCUT2D eigenvalue weighted by Gasteiger charge is -2.41. The Morgan fingerprint density at radius 2 is 1.62 bits per heavy atom. The van der Waals surface area contributed by atoms with Crippen LogP contribution in [0.2, 0.25) is 0 Å². The van der Waals surface area contributed by atoms with Crippen LogP contribution in [0.4, 0.5) is 0 Å². The number of hydrogen-bond donors (Lipinski definition) is 0. The van der Waals surface area contributed by atoms with Gasteiger partial charge in [-0.3, -0.25) is 14.5 Å². The van der Waals surface area contributed by atoms with E-state index in [2.05, 4.69) is 63.4 Å². The first-order valence-electron chi connectivity index (χ1n) is 10.9. The molecule has 1 fully saturated rings. The molecule has 1 saturated heterocycles. The van der Waals surface area contributed by atoms with Crippen LogP contribution in [0.25, 0.3) is 0 Å². The highest BCUT2D eigenvalue weighted by Gasteiger charge is 2.27. The topological polar surface area (TPSA) is 24.3 Å². The van der Waals surface area contributed by atoms with Crippen molar-refractivity contribution in [2.45, 2.75) is 38.4 Å². The zero-order valence-electron chi connectivity index (χ0n) is 17.1. The van der Waals surface area contributed by atoms with Crippen LogP contribution in [0, 0.1) is 0 Å². The van der Waals surface area contributed by atoms with Crippen LogP contribution in [0.1, 0.15) is 28.7 Å². The molecule has 29 heavy (non-hydrogen) atoms. The van der Waals surface area contributed by atoms with Gasteiger partial charge in [0.05, 0.1) is 6.54 Å². The molecule has 2 aromatic carbocycles. The Labute approximate surface area is 173 Å². The number of piperazine rings is 1. The standard InChI is InChI=1S/C25H30N4/c1-2-8-24-18-25(10-9-23(24)7-1)28-15-13-27(14-16-28)19-21-5-3-6-22(17-21)20-29-12-4-11-26-29/h1-8,11-12,17,25H,9-10,13-16,18-20H2/t25-/m0/s1. The average Bonchev–Trinajstić information content (AvgIpc) is 3.27. The highest BCUT2D eigenvalue weighted by molar-refractivity contribution is 5.30. The lowest BCUT2D eigenvalue weighted by atomic mass is 9.87. The largest absolute Gasteiger partial charge is 0.298 e. The molecule has 0 N–H and O–H groups in total. The Morgan fingerprint density at radius 1 is 0.828 bits per heavy atom. The summed E-state index contributed by atoms with van der Waals surface area (Å²) >= 11 is 0. The summed E-state index contributed by atoms with van der Waals surface area (Å²) in [7, 11) is 0. The lowest BCUT2D eigenvalue weighted by molar-refractivity contribution is 0.0856. The number of hydrogen-bond acceptors (Lipinski definition) is 3. The molecule has 1 aliphatic carbocycles. The van der Waals surface area contributed by atoms with E-state index in [4.69, 9.17) is 0 Å². The van der Waals surface area contributed by atoms with Gasteiger partial charge < -0.3 is 0 Å². The molecule has 4 heteroatoms. The average molecular weight is 387 g/mol. The summed E-state index contributed by atoms with van der Waals surface area (Å²) < 4.78 is 1.99. The third-order valence-corrected chi connectivity index (χ3v) is 6.55. The summed E-state index contributed by atoms with van der Waals surface area (Å²) in [5, 5.41) is 4.32. The van der Waals surface area contributed by atoms with Gasteiger partial charge in [0.1, 0.15) is 0 Å². The van der Waals surface area contributed by atoms with Gasteiger partial charge in [-0.05, 0) is 47.6 Å². The first-order chi connectivity index (χ1) is 14.3. The summed E-state index contributed by atoms with van der Waals surface area (Å²) in [6.07, 6.45) is 7.64. The predicted molar refractivity (Wildman–Crippen MR) is 117 cm³/mol. The molecule has 2 aliphatic rings. The Hall–Kier alpha value is -2.43. The summed E-state index contributed by atoms with van der Waals surface area (Å²) in [5.74, 6) is 0. The van der Waals surface area contributed by atoms with Gasteiger partial charge in [0.2, 0.25) is 0 Å². The molecule has 0 spiro atoms. The Bertz CT molecular complexity index is 926. The van der Waals surface area contributed by atoms with Crippen molar-refractivity contribution < 1.29 is 0 Å². The van der Waals surface area contributed by atoms with Crippen molar-refractivity contribution in [3.63, 3.8) is 0 Å². The highest BCUT2D eigenvalue weighted by atomic mass is 15.3. The molecule has 1 atom stereocenters. The molecule has 4 nitrogen and oxygen atoms in total. The Balaban J connectivity index is 1.15. The fourth-order valence-corrected chi connectivity index (χ4v) is 4.94. The second-order valence-electron chi connectivity index (χ2n) is 8.50. The summed E-state index contributed by atoms with van der Waals surface area (Å²) in [6, 6.07) is 20.7. The second-order valence-corrected chi connectivity index (χ2v) is 8.50. The minimum absolute atomic E-state index is 0.726. The molecule has 0 bridgehead atoms. The van der Waals surface area contributed by atoms with Crippen LogP contribution in [-0.4, -0.2) is 51.8 Å². The van der Waals surface area contributed by atoms with Crippen molar-refractivity contribution in [3.8, 4) is 0 Å². The van der Waals surface area contributed by atoms with E-state index in [9.17, 15) is 0 Å². The van der Waals surface area contributed by atoms with Crippen molar-refractivity contribution in [2.24, 2.45) is 0 Å². The number of aromatic nitrogens is 2. The zero-order chi connectivity index (χ0) is 19.5. The van der Waals surface area contributed by atoms with Crippen molar-refractivity contribution in [1.82, 2.24) is 19.6 Å². The van der Waals surface area contributed by atoms with Crippen LogP contribution in [0.15, 0.2) is 67.0 Å². The van der Waals surface area contributed by atoms with Gasteiger partial charge in [0, 0.05) is 51.2 Å². The van der Waals surface area contributed by atoms with E-state index in [1.54, 1.807) is 11.1 Å². The fraction of sp³-hybridized carbons (Fsp3) is 0.400. The van der Waals surface area contributed by atoms with Crippen molar-refractivity contribution in [2.75, 3.05) is 26.2 Å². The molecule has 1 aliphatic heterocycles. The molecule has 0 amide bonds. The van der Waals surface area contributed by atoms with Gasteiger partial charge in [-0.1, -0.05) is 48.5 Å². The maximum Gasteiger partial charge on any atom is 0.0659 e. The SMILES string of the molecule is c1cc(CN2CCN([C@H]3CCc4ccccc4C3)CC2)cc(Cn2cccn2)c1. The van der Waals surface area contributed by atoms with E-state index < -0.39 is 0 Å². The first kappa shape index (κ1) is 18.6. The van der Waals surface area contributed by atoms with Crippen LogP contribution < -0.4 is 0 Å². The fourth-order valence-electron chi connectivity index (χ4n) is 4.94. The molecular weight excluding hydrogens is 356 g/mol. The summed E-state index contributed by atoms with van der Waals surface area (Å²) in [6.45, 7) is 6.62. The molecule has 5 rings (SSSR count). The van der Waals surface area contributed by atoms with E-state index in [-0.39, 0.29) is 0 Å². The van der Waals surface area contributed by atoms with Crippen molar-refractivity contribution >= 4 is 0 Å². The Kier molecular flexibility index (Phi) is 5.46. The van der Waals surface area contributed by atoms with Gasteiger partial charge in [-0.2, -0.15) is 5.10 Å². The van der Waals surface area contributed by atoms with Gasteiger partial charge in [0.25, 0.3) is 0 Å². The Morgan fingerprint density at radius 3 is 2.41 bits per heavy atom. The maximum atomic E-state index is 4.32.